The first-order chi connectivity index (χ1) is 14.9. The molecule has 0 aliphatic heterocycles. The molecule has 0 radical (unpaired) electrons. The molecular weight excluding hydrogens is 503 g/mol. The number of halogens is 3. The molecule has 0 aromatic heterocycles. The van der Waals surface area contributed by atoms with E-state index >= 15 is 0 Å². The van der Waals surface area contributed by atoms with Crippen LogP contribution in [0.25, 0.3) is 0 Å². The van der Waals surface area contributed by atoms with Crippen molar-refractivity contribution in [3.63, 3.8) is 0 Å². The zero-order chi connectivity index (χ0) is 22.8. The van der Waals surface area contributed by atoms with Gasteiger partial charge < -0.3 is 15.0 Å². The molecule has 0 aliphatic rings. The predicted molar refractivity (Wildman–Crippen MR) is 129 cm³/mol. The number of unbranched alkanes of at least 4 members (excludes halogenated alkanes) is 1. The second kappa shape index (κ2) is 12.9. The molecule has 1 N–H and O–H groups in total. The summed E-state index contributed by atoms with van der Waals surface area (Å²) in [6.45, 7) is 4.51. The van der Waals surface area contributed by atoms with Crippen molar-refractivity contribution in [2.75, 3.05) is 13.2 Å². The van der Waals surface area contributed by atoms with Gasteiger partial charge in [0.2, 0.25) is 5.91 Å². The van der Waals surface area contributed by atoms with Gasteiger partial charge in [0, 0.05) is 23.1 Å². The largest absolute Gasteiger partial charge is 0.483 e. The lowest BCUT2D eigenvalue weighted by Crippen LogP contribution is -2.50. The molecule has 2 aromatic carbocycles. The molecule has 0 unspecified atom stereocenters. The van der Waals surface area contributed by atoms with Gasteiger partial charge in [-0.15, -0.1) is 0 Å². The third-order valence-corrected chi connectivity index (χ3v) is 5.98. The number of nitrogens with one attached hydrogen (secondary N) is 1. The summed E-state index contributed by atoms with van der Waals surface area (Å²) in [6.07, 6.45) is 2.33. The first kappa shape index (κ1) is 25.5. The van der Waals surface area contributed by atoms with Crippen molar-refractivity contribution < 1.29 is 14.3 Å². The number of carbonyl (C=O) groups is 2. The van der Waals surface area contributed by atoms with Crippen molar-refractivity contribution >= 4 is 50.9 Å². The van der Waals surface area contributed by atoms with E-state index in [9.17, 15) is 9.59 Å². The van der Waals surface area contributed by atoms with Crippen LogP contribution in [0.1, 0.15) is 38.7 Å². The number of nitrogens with zero attached hydrogens (tertiary/aromatic N) is 1. The van der Waals surface area contributed by atoms with Crippen LogP contribution in [0.4, 0.5) is 0 Å². The SMILES string of the molecule is CCCCNC(=O)[C@@H](CC)N(Cc1ccccc1Cl)C(=O)COc1ccc(Cl)cc1Br. The molecule has 0 saturated heterocycles. The van der Waals surface area contributed by atoms with Gasteiger partial charge >= 0.3 is 0 Å². The van der Waals surface area contributed by atoms with E-state index in [1.54, 1.807) is 24.3 Å². The zero-order valence-electron chi connectivity index (χ0n) is 17.7. The standard InChI is InChI=1S/C23H27BrCl2N2O3/c1-3-5-12-27-23(30)20(4-2)28(14-16-8-6-7-9-19(16)26)22(29)15-31-21-11-10-17(25)13-18(21)24/h6-11,13,20H,3-5,12,14-15H2,1-2H3,(H,27,30)/t20-/m1/s1. The average Bonchev–Trinajstić information content (AvgIpc) is 2.74. The van der Waals surface area contributed by atoms with E-state index in [0.29, 0.717) is 33.2 Å². The number of carbonyl (C=O) groups excluding carboxylic acids is 2. The first-order valence-electron chi connectivity index (χ1n) is 10.3. The maximum Gasteiger partial charge on any atom is 0.261 e. The third-order valence-electron chi connectivity index (χ3n) is 4.76. The van der Waals surface area contributed by atoms with Crippen LogP contribution in [0.5, 0.6) is 5.75 Å². The Labute approximate surface area is 202 Å². The number of ether oxygens (including phenoxy) is 1. The molecule has 2 aromatic rings. The fourth-order valence-corrected chi connectivity index (χ4v) is 4.04. The number of benzene rings is 2. The zero-order valence-corrected chi connectivity index (χ0v) is 20.8. The number of amides is 2. The maximum absolute atomic E-state index is 13.2. The van der Waals surface area contributed by atoms with Crippen LogP contribution >= 0.6 is 39.1 Å². The van der Waals surface area contributed by atoms with Crippen LogP contribution in [-0.2, 0) is 16.1 Å². The second-order valence-corrected chi connectivity index (χ2v) is 8.74. The Morgan fingerprint density at radius 2 is 1.90 bits per heavy atom. The van der Waals surface area contributed by atoms with E-state index in [0.717, 1.165) is 18.4 Å². The van der Waals surface area contributed by atoms with Gasteiger partial charge in [-0.25, -0.2) is 0 Å². The minimum absolute atomic E-state index is 0.177. The summed E-state index contributed by atoms with van der Waals surface area (Å²) in [5.74, 6) is 0.0131. The van der Waals surface area contributed by atoms with Gasteiger partial charge in [0.05, 0.1) is 4.47 Å². The quantitative estimate of drug-likeness (QED) is 0.371. The van der Waals surface area contributed by atoms with E-state index in [1.165, 1.54) is 4.90 Å². The molecule has 0 aliphatic carbocycles. The fraction of sp³-hybridized carbons (Fsp3) is 0.391. The van der Waals surface area contributed by atoms with Crippen LogP contribution in [0.3, 0.4) is 0 Å². The normalized spacial score (nSPS) is 11.6. The predicted octanol–water partition coefficient (Wildman–Crippen LogP) is 5.86. The minimum Gasteiger partial charge on any atom is -0.483 e. The Kier molecular flexibility index (Phi) is 10.6. The smallest absolute Gasteiger partial charge is 0.261 e. The van der Waals surface area contributed by atoms with Gasteiger partial charge in [-0.2, -0.15) is 0 Å². The fourth-order valence-electron chi connectivity index (χ4n) is 3.05. The van der Waals surface area contributed by atoms with Crippen molar-refractivity contribution in [1.29, 1.82) is 0 Å². The Hall–Kier alpha value is -1.76. The van der Waals surface area contributed by atoms with Crippen molar-refractivity contribution in [3.05, 3.63) is 62.5 Å². The summed E-state index contributed by atoms with van der Waals surface area (Å²) in [7, 11) is 0. The van der Waals surface area contributed by atoms with Crippen LogP contribution < -0.4 is 10.1 Å². The van der Waals surface area contributed by atoms with E-state index < -0.39 is 6.04 Å². The first-order valence-corrected chi connectivity index (χ1v) is 11.8. The highest BCUT2D eigenvalue weighted by Gasteiger charge is 2.29. The minimum atomic E-state index is -0.627. The Balaban J connectivity index is 2.21. The van der Waals surface area contributed by atoms with Gasteiger partial charge in [-0.05, 0) is 58.6 Å². The van der Waals surface area contributed by atoms with Crippen molar-refractivity contribution in [2.45, 2.75) is 45.7 Å². The lowest BCUT2D eigenvalue weighted by atomic mass is 10.1. The molecule has 2 rings (SSSR count). The summed E-state index contributed by atoms with van der Waals surface area (Å²) < 4.78 is 6.36. The molecular formula is C23H27BrCl2N2O3. The van der Waals surface area contributed by atoms with Crippen LogP contribution in [0, 0.1) is 0 Å². The molecule has 5 nitrogen and oxygen atoms in total. The topological polar surface area (TPSA) is 58.6 Å². The molecule has 0 fully saturated rings. The van der Waals surface area contributed by atoms with E-state index in [2.05, 4.69) is 28.2 Å². The van der Waals surface area contributed by atoms with Crippen LogP contribution in [0.2, 0.25) is 10.0 Å². The van der Waals surface area contributed by atoms with Gasteiger partial charge in [-0.1, -0.05) is 61.7 Å². The Morgan fingerprint density at radius 1 is 1.16 bits per heavy atom. The number of rotatable bonds is 11. The van der Waals surface area contributed by atoms with Crippen LogP contribution in [0.15, 0.2) is 46.9 Å². The van der Waals surface area contributed by atoms with Crippen molar-refractivity contribution in [3.8, 4) is 5.75 Å². The Bertz CT molecular complexity index is 895. The molecule has 0 saturated carbocycles. The van der Waals surface area contributed by atoms with Gasteiger partial charge in [0.25, 0.3) is 5.91 Å². The molecule has 0 heterocycles. The van der Waals surface area contributed by atoms with Gasteiger partial charge in [0.15, 0.2) is 6.61 Å². The molecule has 8 heteroatoms. The van der Waals surface area contributed by atoms with E-state index in [-0.39, 0.29) is 25.0 Å². The summed E-state index contributed by atoms with van der Waals surface area (Å²) >= 11 is 15.7. The maximum atomic E-state index is 13.2. The van der Waals surface area contributed by atoms with Crippen molar-refractivity contribution in [1.82, 2.24) is 10.2 Å². The summed E-state index contributed by atoms with van der Waals surface area (Å²) in [6, 6.07) is 11.7. The lowest BCUT2D eigenvalue weighted by molar-refractivity contribution is -0.143. The Morgan fingerprint density at radius 3 is 2.55 bits per heavy atom. The highest BCUT2D eigenvalue weighted by molar-refractivity contribution is 9.10. The summed E-state index contributed by atoms with van der Waals surface area (Å²) in [5, 5.41) is 4.03. The van der Waals surface area contributed by atoms with E-state index in [1.807, 2.05) is 25.1 Å². The lowest BCUT2D eigenvalue weighted by Gasteiger charge is -2.31. The van der Waals surface area contributed by atoms with Gasteiger partial charge in [-0.3, -0.25) is 9.59 Å². The average molecular weight is 530 g/mol. The molecule has 31 heavy (non-hydrogen) atoms. The monoisotopic (exact) mass is 528 g/mol. The summed E-state index contributed by atoms with van der Waals surface area (Å²) in [4.78, 5) is 27.6. The number of hydrogen-bond donors (Lipinski definition) is 1. The van der Waals surface area contributed by atoms with Gasteiger partial charge in [0.1, 0.15) is 11.8 Å². The molecule has 2 amide bonds. The summed E-state index contributed by atoms with van der Waals surface area (Å²) in [5.41, 5.74) is 0.769. The molecule has 0 spiro atoms. The highest BCUT2D eigenvalue weighted by atomic mass is 79.9. The molecule has 0 bridgehead atoms. The highest BCUT2D eigenvalue weighted by Crippen LogP contribution is 2.28. The second-order valence-electron chi connectivity index (χ2n) is 7.05. The molecule has 168 valence electrons. The third kappa shape index (κ3) is 7.70. The van der Waals surface area contributed by atoms with Crippen molar-refractivity contribution in [2.24, 2.45) is 0 Å². The molecule has 1 atom stereocenters. The number of hydrogen-bond acceptors (Lipinski definition) is 3. The van der Waals surface area contributed by atoms with E-state index in [4.69, 9.17) is 27.9 Å². The van der Waals surface area contributed by atoms with Crippen LogP contribution in [-0.4, -0.2) is 35.9 Å².